The molecule has 0 radical (unpaired) electrons. The number of rotatable bonds is 4. The van der Waals surface area contributed by atoms with Gasteiger partial charge < -0.3 is 15.2 Å². The van der Waals surface area contributed by atoms with Gasteiger partial charge in [0, 0.05) is 41.6 Å². The zero-order valence-electron chi connectivity index (χ0n) is 14.2. The maximum absolute atomic E-state index is 12.3. The Morgan fingerprint density at radius 3 is 2.84 bits per heavy atom. The van der Waals surface area contributed by atoms with Gasteiger partial charge in [-0.25, -0.2) is 4.79 Å². The third kappa shape index (κ3) is 3.56. The number of carbonyl (C=O) groups is 1. The molecule has 4 rings (SSSR count). The normalized spacial score (nSPS) is 15.6. The van der Waals surface area contributed by atoms with Gasteiger partial charge >= 0.3 is 6.03 Å². The number of carbonyl (C=O) groups excluding carboxylic acids is 1. The van der Waals surface area contributed by atoms with Crippen LogP contribution in [0.15, 0.2) is 48.0 Å². The number of likely N-dealkylation sites (tertiary alicyclic amines) is 1. The smallest absolute Gasteiger partial charge is 0.317 e. The molecule has 0 aliphatic carbocycles. The predicted molar refractivity (Wildman–Crippen MR) is 103 cm³/mol. The molecule has 0 unspecified atom stereocenters. The molecular formula is C20H23N3OS. The van der Waals surface area contributed by atoms with Crippen LogP contribution < -0.4 is 5.32 Å². The lowest BCUT2D eigenvalue weighted by Crippen LogP contribution is -2.44. The first-order valence-corrected chi connectivity index (χ1v) is 9.80. The molecule has 2 N–H and O–H groups in total. The van der Waals surface area contributed by atoms with Gasteiger partial charge in [-0.15, -0.1) is 11.3 Å². The molecule has 0 saturated carbocycles. The Kier molecular flexibility index (Phi) is 4.74. The summed E-state index contributed by atoms with van der Waals surface area (Å²) in [6.07, 6.45) is 5.11. The van der Waals surface area contributed by atoms with Gasteiger partial charge in [-0.1, -0.05) is 24.3 Å². The number of nitrogens with one attached hydrogen (secondary N) is 2. The van der Waals surface area contributed by atoms with Gasteiger partial charge in [-0.3, -0.25) is 0 Å². The van der Waals surface area contributed by atoms with E-state index in [1.807, 2.05) is 4.90 Å². The van der Waals surface area contributed by atoms with Crippen LogP contribution in [0.1, 0.15) is 29.2 Å². The third-order valence-corrected chi connectivity index (χ3v) is 6.01. The number of aromatic amines is 1. The van der Waals surface area contributed by atoms with Crippen molar-refractivity contribution in [2.24, 2.45) is 0 Å². The summed E-state index contributed by atoms with van der Waals surface area (Å²) in [6.45, 7) is 2.37. The first kappa shape index (κ1) is 16.2. The fraction of sp³-hybridized carbons (Fsp3) is 0.350. The maximum atomic E-state index is 12.3. The van der Waals surface area contributed by atoms with Crippen molar-refractivity contribution in [1.82, 2.24) is 15.2 Å². The van der Waals surface area contributed by atoms with E-state index in [4.69, 9.17) is 0 Å². The number of nitrogens with zero attached hydrogens (tertiary/aromatic N) is 1. The van der Waals surface area contributed by atoms with E-state index in [1.165, 1.54) is 21.3 Å². The number of fused-ring (bicyclic) bond motifs is 1. The van der Waals surface area contributed by atoms with Gasteiger partial charge in [-0.05, 0) is 48.3 Å². The molecule has 4 nitrogen and oxygen atoms in total. The van der Waals surface area contributed by atoms with Crippen LogP contribution in [0.25, 0.3) is 10.9 Å². The molecule has 3 heterocycles. The maximum Gasteiger partial charge on any atom is 0.317 e. The Morgan fingerprint density at radius 2 is 2.04 bits per heavy atom. The molecule has 25 heavy (non-hydrogen) atoms. The Labute approximate surface area is 151 Å². The van der Waals surface area contributed by atoms with Gasteiger partial charge in [0.15, 0.2) is 0 Å². The summed E-state index contributed by atoms with van der Waals surface area (Å²) in [6, 6.07) is 12.7. The monoisotopic (exact) mass is 353 g/mol. The van der Waals surface area contributed by atoms with E-state index in [9.17, 15) is 4.79 Å². The zero-order chi connectivity index (χ0) is 17.1. The van der Waals surface area contributed by atoms with Crippen LogP contribution in [-0.4, -0.2) is 35.5 Å². The fourth-order valence-electron chi connectivity index (χ4n) is 3.68. The third-order valence-electron chi connectivity index (χ3n) is 5.07. The molecule has 1 fully saturated rings. The van der Waals surface area contributed by atoms with Gasteiger partial charge in [0.05, 0.1) is 0 Å². The summed E-state index contributed by atoms with van der Waals surface area (Å²) in [5.74, 6) is 0.534. The summed E-state index contributed by atoms with van der Waals surface area (Å²) in [4.78, 5) is 19.0. The fourth-order valence-corrected chi connectivity index (χ4v) is 4.39. The first-order valence-electron chi connectivity index (χ1n) is 8.92. The highest BCUT2D eigenvalue weighted by atomic mass is 32.1. The Balaban J connectivity index is 1.29. The van der Waals surface area contributed by atoms with Gasteiger partial charge in [0.25, 0.3) is 0 Å². The quantitative estimate of drug-likeness (QED) is 0.719. The zero-order valence-corrected chi connectivity index (χ0v) is 15.0. The number of para-hydroxylation sites is 1. The molecule has 0 spiro atoms. The number of H-pyrrole nitrogens is 1. The molecule has 0 atom stereocenters. The Morgan fingerprint density at radius 1 is 1.20 bits per heavy atom. The minimum Gasteiger partial charge on any atom is -0.361 e. The van der Waals surface area contributed by atoms with Gasteiger partial charge in [-0.2, -0.15) is 0 Å². The van der Waals surface area contributed by atoms with E-state index < -0.39 is 0 Å². The van der Waals surface area contributed by atoms with Crippen LogP contribution in [0.2, 0.25) is 0 Å². The van der Waals surface area contributed by atoms with Crippen molar-refractivity contribution in [2.75, 3.05) is 19.6 Å². The largest absolute Gasteiger partial charge is 0.361 e. The Bertz CT molecular complexity index is 832. The molecule has 2 aromatic heterocycles. The summed E-state index contributed by atoms with van der Waals surface area (Å²) < 4.78 is 0. The molecule has 0 bridgehead atoms. The number of amides is 2. The van der Waals surface area contributed by atoms with Crippen molar-refractivity contribution in [3.8, 4) is 0 Å². The van der Waals surface area contributed by atoms with Crippen molar-refractivity contribution in [2.45, 2.75) is 25.2 Å². The summed E-state index contributed by atoms with van der Waals surface area (Å²) in [7, 11) is 0. The SMILES string of the molecule is O=C(NCCc1cccs1)N1CCC(c2c[nH]c3ccccc23)CC1. The average Bonchev–Trinajstić information content (AvgIpc) is 3.31. The van der Waals surface area contributed by atoms with E-state index in [0.717, 1.165) is 32.4 Å². The van der Waals surface area contributed by atoms with Crippen LogP contribution >= 0.6 is 11.3 Å². The van der Waals surface area contributed by atoms with Crippen molar-refractivity contribution in [3.05, 3.63) is 58.4 Å². The number of aromatic nitrogens is 1. The van der Waals surface area contributed by atoms with E-state index >= 15 is 0 Å². The van der Waals surface area contributed by atoms with Crippen LogP contribution in [0.5, 0.6) is 0 Å². The molecule has 2 amide bonds. The standard InChI is InChI=1S/C20H23N3OS/c24-20(21-10-7-16-4-3-13-25-16)23-11-8-15(9-12-23)18-14-22-19-6-2-1-5-17(18)19/h1-6,13-15,22H,7-12H2,(H,21,24). The van der Waals surface area contributed by atoms with E-state index in [0.29, 0.717) is 12.5 Å². The van der Waals surface area contributed by atoms with Crippen LogP contribution in [-0.2, 0) is 6.42 Å². The van der Waals surface area contributed by atoms with Crippen molar-refractivity contribution >= 4 is 28.3 Å². The van der Waals surface area contributed by atoms with Crippen molar-refractivity contribution in [3.63, 3.8) is 0 Å². The van der Waals surface area contributed by atoms with Crippen LogP contribution in [0.4, 0.5) is 4.79 Å². The predicted octanol–water partition coefficient (Wildman–Crippen LogP) is 4.36. The minimum atomic E-state index is 0.0777. The van der Waals surface area contributed by atoms with Gasteiger partial charge in [0.1, 0.15) is 0 Å². The average molecular weight is 353 g/mol. The van der Waals surface area contributed by atoms with E-state index in [1.54, 1.807) is 11.3 Å². The molecule has 5 heteroatoms. The molecule has 130 valence electrons. The number of hydrogen-bond acceptors (Lipinski definition) is 2. The number of piperidine rings is 1. The topological polar surface area (TPSA) is 48.1 Å². The van der Waals surface area contributed by atoms with Crippen LogP contribution in [0, 0.1) is 0 Å². The van der Waals surface area contributed by atoms with Gasteiger partial charge in [0.2, 0.25) is 0 Å². The first-order chi connectivity index (χ1) is 12.3. The highest BCUT2D eigenvalue weighted by Gasteiger charge is 2.25. The van der Waals surface area contributed by atoms with Crippen molar-refractivity contribution < 1.29 is 4.79 Å². The van der Waals surface area contributed by atoms with E-state index in [2.05, 4.69) is 58.3 Å². The Hall–Kier alpha value is -2.27. The molecule has 1 aromatic carbocycles. The highest BCUT2D eigenvalue weighted by Crippen LogP contribution is 2.33. The highest BCUT2D eigenvalue weighted by molar-refractivity contribution is 7.09. The summed E-state index contributed by atoms with van der Waals surface area (Å²) in [5, 5.41) is 6.45. The van der Waals surface area contributed by atoms with Crippen LogP contribution in [0.3, 0.4) is 0 Å². The molecular weight excluding hydrogens is 330 g/mol. The minimum absolute atomic E-state index is 0.0777. The number of urea groups is 1. The number of hydrogen-bond donors (Lipinski definition) is 2. The lowest BCUT2D eigenvalue weighted by Gasteiger charge is -2.32. The molecule has 1 saturated heterocycles. The van der Waals surface area contributed by atoms with E-state index in [-0.39, 0.29) is 6.03 Å². The molecule has 1 aliphatic heterocycles. The number of thiophene rings is 1. The van der Waals surface area contributed by atoms with Crippen molar-refractivity contribution in [1.29, 1.82) is 0 Å². The summed E-state index contributed by atoms with van der Waals surface area (Å²) >= 11 is 1.74. The number of benzene rings is 1. The molecule has 3 aromatic rings. The lowest BCUT2D eigenvalue weighted by molar-refractivity contribution is 0.181. The second-order valence-corrected chi connectivity index (χ2v) is 7.64. The second-order valence-electron chi connectivity index (χ2n) is 6.61. The second kappa shape index (κ2) is 7.31. The summed E-state index contributed by atoms with van der Waals surface area (Å²) in [5.41, 5.74) is 2.60. The molecule has 1 aliphatic rings. The lowest BCUT2D eigenvalue weighted by atomic mass is 9.89.